The van der Waals surface area contributed by atoms with Crippen LogP contribution in [0, 0.1) is 0 Å². The predicted molar refractivity (Wildman–Crippen MR) is 61.8 cm³/mol. The second kappa shape index (κ2) is 4.15. The summed E-state index contributed by atoms with van der Waals surface area (Å²) in [4.78, 5) is 2.20. The zero-order valence-electron chi connectivity index (χ0n) is 9.38. The Hall–Kier alpha value is -0.930. The fraction of sp³-hybridized carbons (Fsp3) is 0.538. The summed E-state index contributed by atoms with van der Waals surface area (Å²) in [7, 11) is 0. The molecule has 1 N–H and O–H groups in total. The Balaban J connectivity index is 1.71. The van der Waals surface area contributed by atoms with Gasteiger partial charge in [0.05, 0.1) is 0 Å². The van der Waals surface area contributed by atoms with Crippen LogP contribution in [0.4, 0.5) is 4.39 Å². The maximum atomic E-state index is 13.0. The largest absolute Gasteiger partial charge is 0.309 e. The second-order valence-corrected chi connectivity index (χ2v) is 4.83. The third kappa shape index (κ3) is 1.97. The second-order valence-electron chi connectivity index (χ2n) is 4.83. The van der Waals surface area contributed by atoms with E-state index in [1.54, 1.807) is 0 Å². The molecule has 1 atom stereocenters. The van der Waals surface area contributed by atoms with Crippen molar-refractivity contribution in [2.45, 2.75) is 32.2 Å². The summed E-state index contributed by atoms with van der Waals surface area (Å²) in [5.41, 5.74) is 4.14. The third-order valence-corrected chi connectivity index (χ3v) is 3.52. The van der Waals surface area contributed by atoms with E-state index in [0.717, 1.165) is 26.2 Å². The topological polar surface area (TPSA) is 15.3 Å². The molecule has 0 bridgehead atoms. The van der Waals surface area contributed by atoms with Gasteiger partial charge in [-0.1, -0.05) is 18.2 Å². The molecular formula is C13H17FN2. The SMILES string of the molecule is FC1CCN(Cc2ccc3c(c2)CNC3)C1. The van der Waals surface area contributed by atoms with Crippen LogP contribution in [0.5, 0.6) is 0 Å². The molecule has 3 heteroatoms. The lowest BCUT2D eigenvalue weighted by Gasteiger charge is -2.15. The molecule has 16 heavy (non-hydrogen) atoms. The lowest BCUT2D eigenvalue weighted by atomic mass is 10.1. The number of nitrogens with one attached hydrogen (secondary N) is 1. The number of rotatable bonds is 2. The van der Waals surface area contributed by atoms with Crippen LogP contribution in [-0.4, -0.2) is 24.2 Å². The summed E-state index contributed by atoms with van der Waals surface area (Å²) in [6.07, 6.45) is 0.0862. The first kappa shape index (κ1) is 10.2. The number of benzene rings is 1. The Morgan fingerprint density at radius 1 is 1.31 bits per heavy atom. The molecule has 1 aromatic carbocycles. The van der Waals surface area contributed by atoms with Gasteiger partial charge in [-0.3, -0.25) is 4.90 Å². The van der Waals surface area contributed by atoms with Gasteiger partial charge in [-0.2, -0.15) is 0 Å². The Morgan fingerprint density at radius 3 is 3.00 bits per heavy atom. The van der Waals surface area contributed by atoms with Crippen molar-refractivity contribution in [3.8, 4) is 0 Å². The average Bonchev–Trinajstić information content (AvgIpc) is 2.87. The third-order valence-electron chi connectivity index (χ3n) is 3.52. The van der Waals surface area contributed by atoms with Crippen molar-refractivity contribution < 1.29 is 4.39 Å². The highest BCUT2D eigenvalue weighted by Crippen LogP contribution is 2.20. The molecule has 0 radical (unpaired) electrons. The molecule has 1 saturated heterocycles. The van der Waals surface area contributed by atoms with Crippen LogP contribution < -0.4 is 5.32 Å². The highest BCUT2D eigenvalue weighted by molar-refractivity contribution is 5.34. The molecule has 1 fully saturated rings. The van der Waals surface area contributed by atoms with Crippen LogP contribution in [0.2, 0.25) is 0 Å². The van der Waals surface area contributed by atoms with Gasteiger partial charge in [-0.25, -0.2) is 4.39 Å². The van der Waals surface area contributed by atoms with Gasteiger partial charge in [-0.05, 0) is 23.1 Å². The fourth-order valence-electron chi connectivity index (χ4n) is 2.63. The van der Waals surface area contributed by atoms with Crippen LogP contribution >= 0.6 is 0 Å². The van der Waals surface area contributed by atoms with Crippen LogP contribution in [-0.2, 0) is 19.6 Å². The Bertz CT molecular complexity index is 392. The maximum Gasteiger partial charge on any atom is 0.114 e. The highest BCUT2D eigenvalue weighted by Gasteiger charge is 2.21. The smallest absolute Gasteiger partial charge is 0.114 e. The molecule has 2 aliphatic rings. The van der Waals surface area contributed by atoms with Gasteiger partial charge < -0.3 is 5.32 Å². The van der Waals surface area contributed by atoms with Crippen molar-refractivity contribution in [2.75, 3.05) is 13.1 Å². The predicted octanol–water partition coefficient (Wildman–Crippen LogP) is 1.83. The maximum absolute atomic E-state index is 13.0. The van der Waals surface area contributed by atoms with E-state index in [4.69, 9.17) is 0 Å². The first-order valence-electron chi connectivity index (χ1n) is 5.99. The van der Waals surface area contributed by atoms with Crippen molar-refractivity contribution in [1.29, 1.82) is 0 Å². The van der Waals surface area contributed by atoms with E-state index in [-0.39, 0.29) is 0 Å². The summed E-state index contributed by atoms with van der Waals surface area (Å²) < 4.78 is 13.0. The summed E-state index contributed by atoms with van der Waals surface area (Å²) in [5.74, 6) is 0. The molecule has 86 valence electrons. The van der Waals surface area contributed by atoms with E-state index >= 15 is 0 Å². The van der Waals surface area contributed by atoms with E-state index < -0.39 is 6.17 Å². The molecule has 0 aromatic heterocycles. The number of likely N-dealkylation sites (tertiary alicyclic amines) is 1. The number of fused-ring (bicyclic) bond motifs is 1. The van der Waals surface area contributed by atoms with Gasteiger partial charge in [0, 0.05) is 32.7 Å². The minimum absolute atomic E-state index is 0.606. The number of halogens is 1. The molecule has 2 aliphatic heterocycles. The van der Waals surface area contributed by atoms with Crippen LogP contribution in [0.25, 0.3) is 0 Å². The van der Waals surface area contributed by atoms with Crippen LogP contribution in [0.15, 0.2) is 18.2 Å². The van der Waals surface area contributed by atoms with Crippen molar-refractivity contribution in [1.82, 2.24) is 10.2 Å². The number of nitrogens with zero attached hydrogens (tertiary/aromatic N) is 1. The molecule has 2 heterocycles. The van der Waals surface area contributed by atoms with E-state index in [2.05, 4.69) is 28.4 Å². The molecule has 0 aliphatic carbocycles. The normalized spacial score (nSPS) is 24.9. The van der Waals surface area contributed by atoms with Crippen molar-refractivity contribution in [3.05, 3.63) is 34.9 Å². The summed E-state index contributed by atoms with van der Waals surface area (Å²) >= 11 is 0. The lowest BCUT2D eigenvalue weighted by Crippen LogP contribution is -2.20. The molecule has 2 nitrogen and oxygen atoms in total. The van der Waals surface area contributed by atoms with E-state index in [9.17, 15) is 4.39 Å². The first-order chi connectivity index (χ1) is 7.81. The van der Waals surface area contributed by atoms with Gasteiger partial charge in [0.2, 0.25) is 0 Å². The number of hydrogen-bond donors (Lipinski definition) is 1. The monoisotopic (exact) mass is 220 g/mol. The summed E-state index contributed by atoms with van der Waals surface area (Å²) in [6.45, 7) is 4.38. The molecule has 1 aromatic rings. The molecule has 0 saturated carbocycles. The van der Waals surface area contributed by atoms with Gasteiger partial charge >= 0.3 is 0 Å². The van der Waals surface area contributed by atoms with Gasteiger partial charge in [0.25, 0.3) is 0 Å². The van der Waals surface area contributed by atoms with Crippen LogP contribution in [0.3, 0.4) is 0 Å². The minimum Gasteiger partial charge on any atom is -0.309 e. The van der Waals surface area contributed by atoms with Crippen molar-refractivity contribution in [3.63, 3.8) is 0 Å². The minimum atomic E-state index is -0.615. The fourth-order valence-corrected chi connectivity index (χ4v) is 2.63. The Kier molecular flexibility index (Phi) is 2.65. The van der Waals surface area contributed by atoms with E-state index in [1.807, 2.05) is 0 Å². The zero-order chi connectivity index (χ0) is 11.0. The Morgan fingerprint density at radius 2 is 2.19 bits per heavy atom. The molecule has 0 amide bonds. The summed E-state index contributed by atoms with van der Waals surface area (Å²) in [5, 5.41) is 3.34. The number of alkyl halides is 1. The lowest BCUT2D eigenvalue weighted by molar-refractivity contribution is 0.282. The standard InChI is InChI=1S/C13H17FN2/c14-13-3-4-16(9-13)8-10-1-2-11-6-15-7-12(11)5-10/h1-2,5,13,15H,3-4,6-9H2. The Labute approximate surface area is 95.4 Å². The van der Waals surface area contributed by atoms with Crippen LogP contribution in [0.1, 0.15) is 23.1 Å². The van der Waals surface area contributed by atoms with Gasteiger partial charge in [0.15, 0.2) is 0 Å². The molecule has 0 spiro atoms. The highest BCUT2D eigenvalue weighted by atomic mass is 19.1. The van der Waals surface area contributed by atoms with Gasteiger partial charge in [-0.15, -0.1) is 0 Å². The average molecular weight is 220 g/mol. The van der Waals surface area contributed by atoms with Gasteiger partial charge in [0.1, 0.15) is 6.17 Å². The molecule has 1 unspecified atom stereocenters. The molecular weight excluding hydrogens is 203 g/mol. The molecule has 3 rings (SSSR count). The van der Waals surface area contributed by atoms with E-state index in [1.165, 1.54) is 16.7 Å². The quantitative estimate of drug-likeness (QED) is 0.818. The first-order valence-corrected chi connectivity index (χ1v) is 5.99. The van der Waals surface area contributed by atoms with Crippen molar-refractivity contribution in [2.24, 2.45) is 0 Å². The van der Waals surface area contributed by atoms with Crippen molar-refractivity contribution >= 4 is 0 Å². The summed E-state index contributed by atoms with van der Waals surface area (Å²) in [6, 6.07) is 6.64. The zero-order valence-corrected chi connectivity index (χ0v) is 9.38. The van der Waals surface area contributed by atoms with E-state index in [0.29, 0.717) is 13.0 Å². The number of hydrogen-bond acceptors (Lipinski definition) is 2.